The first kappa shape index (κ1) is 16.4. The lowest BCUT2D eigenvalue weighted by Gasteiger charge is -2.38. The van der Waals surface area contributed by atoms with Crippen LogP contribution in [-0.4, -0.2) is 52.9 Å². The van der Waals surface area contributed by atoms with Crippen molar-refractivity contribution in [2.75, 3.05) is 20.1 Å². The average molecular weight is 337 g/mol. The molecule has 1 aromatic carbocycles. The summed E-state index contributed by atoms with van der Waals surface area (Å²) in [6, 6.07) is 7.75. The van der Waals surface area contributed by atoms with Crippen LogP contribution in [0.15, 0.2) is 35.9 Å². The Labute approximate surface area is 148 Å². The standard InChI is InChI=1S/C21H25N2O2/c1-21(2)15-9-5-6-10-16(15)22(3)17(21)13-14-19(24)18(20(14)25)23-11-7-4-8-12-23/h5-6,9-10,13,18H,4,7-8,11-12H2,1-3H3/q+1. The minimum absolute atomic E-state index is 0.000411. The van der Waals surface area contributed by atoms with Crippen LogP contribution in [0.25, 0.3) is 0 Å². The SMILES string of the molecule is C[N+]1=C(C=C2C(=O)C(N3CCCCC3)C2=O)C(C)(C)c2ccccc21. The fraction of sp³-hybridized carbons (Fsp3) is 0.476. The number of carbonyl (C=O) groups is 2. The van der Waals surface area contributed by atoms with Crippen molar-refractivity contribution in [2.24, 2.45) is 0 Å². The number of ketones is 2. The number of rotatable bonds is 2. The molecule has 3 aliphatic rings. The third kappa shape index (κ3) is 2.35. The molecule has 0 atom stereocenters. The van der Waals surface area contributed by atoms with Gasteiger partial charge in [0.1, 0.15) is 13.1 Å². The van der Waals surface area contributed by atoms with Crippen LogP contribution in [0, 0.1) is 0 Å². The molecule has 130 valence electrons. The van der Waals surface area contributed by atoms with Gasteiger partial charge in [0, 0.05) is 17.7 Å². The first-order chi connectivity index (χ1) is 11.9. The van der Waals surface area contributed by atoms with Crippen molar-refractivity contribution in [1.82, 2.24) is 4.90 Å². The maximum Gasteiger partial charge on any atom is 0.209 e. The number of likely N-dealkylation sites (tertiary alicyclic amines) is 1. The number of allylic oxidation sites excluding steroid dienone is 1. The van der Waals surface area contributed by atoms with E-state index in [1.807, 2.05) is 25.3 Å². The van der Waals surface area contributed by atoms with E-state index in [1.165, 1.54) is 12.0 Å². The summed E-state index contributed by atoms with van der Waals surface area (Å²) < 4.78 is 2.11. The van der Waals surface area contributed by atoms with Crippen molar-refractivity contribution in [3.05, 3.63) is 41.5 Å². The van der Waals surface area contributed by atoms with Gasteiger partial charge in [0.05, 0.1) is 11.0 Å². The Hall–Kier alpha value is -2.07. The molecule has 2 fully saturated rings. The third-order valence-corrected chi connectivity index (χ3v) is 6.00. The number of piperidine rings is 1. The van der Waals surface area contributed by atoms with Crippen LogP contribution in [0.1, 0.15) is 38.7 Å². The van der Waals surface area contributed by atoms with Crippen molar-refractivity contribution in [2.45, 2.75) is 44.6 Å². The van der Waals surface area contributed by atoms with Crippen molar-refractivity contribution >= 4 is 23.0 Å². The second-order valence-electron chi connectivity index (χ2n) is 7.87. The van der Waals surface area contributed by atoms with Gasteiger partial charge < -0.3 is 0 Å². The number of para-hydroxylation sites is 1. The van der Waals surface area contributed by atoms with Crippen molar-refractivity contribution in [3.8, 4) is 0 Å². The number of benzene rings is 1. The van der Waals surface area contributed by atoms with Gasteiger partial charge in [-0.05, 0) is 39.8 Å². The first-order valence-electron chi connectivity index (χ1n) is 9.18. The van der Waals surface area contributed by atoms with Crippen molar-refractivity contribution in [1.29, 1.82) is 0 Å². The molecule has 1 saturated carbocycles. The number of carbonyl (C=O) groups excluding carboxylic acids is 2. The Balaban J connectivity index is 1.65. The van der Waals surface area contributed by atoms with Crippen LogP contribution in [0.5, 0.6) is 0 Å². The Morgan fingerprint density at radius 1 is 1.08 bits per heavy atom. The highest BCUT2D eigenvalue weighted by molar-refractivity contribution is 6.43. The molecule has 0 N–H and O–H groups in total. The molecule has 1 aromatic rings. The van der Waals surface area contributed by atoms with Gasteiger partial charge in [0.15, 0.2) is 17.3 Å². The molecule has 0 bridgehead atoms. The number of Topliss-reactive ketones (excluding diaryl/α,β-unsaturated/α-hetero) is 2. The maximum atomic E-state index is 12.7. The highest BCUT2D eigenvalue weighted by Gasteiger charge is 2.50. The second kappa shape index (κ2) is 5.73. The molecule has 0 spiro atoms. The summed E-state index contributed by atoms with van der Waals surface area (Å²) in [7, 11) is 2.01. The Kier molecular flexibility index (Phi) is 3.76. The molecule has 0 radical (unpaired) electrons. The monoisotopic (exact) mass is 337 g/mol. The van der Waals surface area contributed by atoms with Gasteiger partial charge in [-0.15, -0.1) is 0 Å². The third-order valence-electron chi connectivity index (χ3n) is 6.00. The van der Waals surface area contributed by atoms with E-state index >= 15 is 0 Å². The topological polar surface area (TPSA) is 40.4 Å². The van der Waals surface area contributed by atoms with Gasteiger partial charge in [-0.25, -0.2) is 0 Å². The zero-order valence-corrected chi connectivity index (χ0v) is 15.2. The first-order valence-corrected chi connectivity index (χ1v) is 9.18. The summed E-state index contributed by atoms with van der Waals surface area (Å²) in [4.78, 5) is 27.4. The molecule has 0 aromatic heterocycles. The minimum Gasteiger partial charge on any atom is -0.292 e. The van der Waals surface area contributed by atoms with E-state index in [0.29, 0.717) is 5.57 Å². The van der Waals surface area contributed by atoms with Crippen LogP contribution in [-0.2, 0) is 15.0 Å². The zero-order valence-electron chi connectivity index (χ0n) is 15.2. The van der Waals surface area contributed by atoms with Crippen LogP contribution < -0.4 is 0 Å². The van der Waals surface area contributed by atoms with Crippen LogP contribution in [0.3, 0.4) is 0 Å². The molecule has 1 saturated heterocycles. The summed E-state index contributed by atoms with van der Waals surface area (Å²) >= 11 is 0. The summed E-state index contributed by atoms with van der Waals surface area (Å²) in [6.45, 7) is 6.03. The molecule has 0 unspecified atom stereocenters. The predicted molar refractivity (Wildman–Crippen MR) is 97.6 cm³/mol. The van der Waals surface area contributed by atoms with E-state index in [-0.39, 0.29) is 17.0 Å². The van der Waals surface area contributed by atoms with Crippen LogP contribution >= 0.6 is 0 Å². The zero-order chi connectivity index (χ0) is 17.8. The summed E-state index contributed by atoms with van der Waals surface area (Å²) in [6.07, 6.45) is 5.20. The Morgan fingerprint density at radius 2 is 1.72 bits per heavy atom. The summed E-state index contributed by atoms with van der Waals surface area (Å²) in [5.74, 6) is -0.000822. The minimum atomic E-state index is -0.524. The predicted octanol–water partition coefficient (Wildman–Crippen LogP) is 2.63. The normalized spacial score (nSPS) is 25.9. The highest BCUT2D eigenvalue weighted by Crippen LogP contribution is 2.40. The van der Waals surface area contributed by atoms with Gasteiger partial charge in [-0.2, -0.15) is 4.58 Å². The smallest absolute Gasteiger partial charge is 0.209 e. The highest BCUT2D eigenvalue weighted by atomic mass is 16.2. The van der Waals surface area contributed by atoms with E-state index < -0.39 is 6.04 Å². The molecular weight excluding hydrogens is 312 g/mol. The molecule has 4 heteroatoms. The van der Waals surface area contributed by atoms with Crippen molar-refractivity contribution in [3.63, 3.8) is 0 Å². The Bertz CT molecular complexity index is 808. The van der Waals surface area contributed by atoms with E-state index in [4.69, 9.17) is 0 Å². The number of hydrogen-bond acceptors (Lipinski definition) is 3. The molecule has 2 aliphatic heterocycles. The van der Waals surface area contributed by atoms with Gasteiger partial charge in [0.2, 0.25) is 5.69 Å². The molecule has 4 rings (SSSR count). The number of hydrogen-bond donors (Lipinski definition) is 0. The van der Waals surface area contributed by atoms with E-state index in [1.54, 1.807) is 0 Å². The molecule has 4 nitrogen and oxygen atoms in total. The molecular formula is C21H25N2O2+. The van der Waals surface area contributed by atoms with Gasteiger partial charge in [-0.3, -0.25) is 14.5 Å². The van der Waals surface area contributed by atoms with Gasteiger partial charge in [-0.1, -0.05) is 24.6 Å². The van der Waals surface area contributed by atoms with E-state index in [0.717, 1.165) is 37.3 Å². The fourth-order valence-corrected chi connectivity index (χ4v) is 4.50. The lowest BCUT2D eigenvalue weighted by atomic mass is 9.76. The quantitative estimate of drug-likeness (QED) is 0.360. The largest absolute Gasteiger partial charge is 0.292 e. The van der Waals surface area contributed by atoms with Crippen LogP contribution in [0.2, 0.25) is 0 Å². The lowest BCUT2D eigenvalue weighted by molar-refractivity contribution is -0.401. The van der Waals surface area contributed by atoms with Gasteiger partial charge >= 0.3 is 0 Å². The fourth-order valence-electron chi connectivity index (χ4n) is 4.50. The lowest BCUT2D eigenvalue weighted by Crippen LogP contribution is -2.58. The molecule has 1 aliphatic carbocycles. The second-order valence-corrected chi connectivity index (χ2v) is 7.87. The summed E-state index contributed by atoms with van der Waals surface area (Å²) in [5.41, 5.74) is 3.55. The Morgan fingerprint density at radius 3 is 2.36 bits per heavy atom. The van der Waals surface area contributed by atoms with Crippen LogP contribution in [0.4, 0.5) is 5.69 Å². The van der Waals surface area contributed by atoms with Crippen molar-refractivity contribution < 1.29 is 14.2 Å². The van der Waals surface area contributed by atoms with E-state index in [9.17, 15) is 9.59 Å². The molecule has 2 heterocycles. The maximum absolute atomic E-state index is 12.7. The number of fused-ring (bicyclic) bond motifs is 1. The number of nitrogens with zero attached hydrogens (tertiary/aromatic N) is 2. The van der Waals surface area contributed by atoms with Gasteiger partial charge in [0.25, 0.3) is 0 Å². The molecule has 25 heavy (non-hydrogen) atoms. The summed E-state index contributed by atoms with van der Waals surface area (Å²) in [5, 5.41) is 0. The average Bonchev–Trinajstić information content (AvgIpc) is 2.81. The van der Waals surface area contributed by atoms with E-state index in [2.05, 4.69) is 35.5 Å². The molecule has 0 amide bonds.